The number of aliphatic carboxylic acids is 1. The number of hydrogen-bond donors (Lipinski definition) is 1. The highest BCUT2D eigenvalue weighted by molar-refractivity contribution is 7.89. The molecule has 1 aromatic carbocycles. The molecule has 0 radical (unpaired) electrons. The van der Waals surface area contributed by atoms with E-state index in [1.807, 2.05) is 31.3 Å². The molecule has 2 aromatic heterocycles. The summed E-state index contributed by atoms with van der Waals surface area (Å²) >= 11 is 0. The summed E-state index contributed by atoms with van der Waals surface area (Å²) in [5.41, 5.74) is 2.17. The highest BCUT2D eigenvalue weighted by Crippen LogP contribution is 2.36. The third-order valence-corrected chi connectivity index (χ3v) is 10.9. The number of fused-ring (bicyclic) bond motifs is 1. The highest BCUT2D eigenvalue weighted by Gasteiger charge is 2.39. The van der Waals surface area contributed by atoms with Gasteiger partial charge in [-0.25, -0.2) is 13.2 Å². The number of carbonyl (C=O) groups is 1. The van der Waals surface area contributed by atoms with E-state index in [1.165, 1.54) is 0 Å². The van der Waals surface area contributed by atoms with Crippen molar-refractivity contribution in [3.05, 3.63) is 48.1 Å². The number of carboxylic acid groups (broad SMARTS) is 1. The van der Waals surface area contributed by atoms with Crippen LogP contribution in [0, 0.1) is 6.92 Å². The average molecular weight is 682 g/mol. The first kappa shape index (κ1) is 35.0. The number of halogens is 3. The van der Waals surface area contributed by atoms with Crippen LogP contribution in [0.4, 0.5) is 18.9 Å². The van der Waals surface area contributed by atoms with Gasteiger partial charge in [0.15, 0.2) is 0 Å². The molecule has 0 saturated carbocycles. The lowest BCUT2D eigenvalue weighted by atomic mass is 10.0. The Kier molecular flexibility index (Phi) is 10.2. The minimum atomic E-state index is -5.08. The van der Waals surface area contributed by atoms with E-state index >= 15 is 0 Å². The van der Waals surface area contributed by atoms with Crippen LogP contribution in [0.3, 0.4) is 0 Å². The standard InChI is InChI=1S/C29H41N7O3S.C2HF3O2/c1-22-17-23(31-39-22)19-32-9-15-36(16-10-32)40(37,38)28-6-5-27(26-18-30-8-7-25(26)28)34-20-24(21-34)33-11-13-35(14-12-33)29(2,3)4;3-2(4,5)1(6)7/h5-8,17-18,24H,9-16,19-21H2,1-4H3;(H,6,7). The average Bonchev–Trinajstić information content (AvgIpc) is 3.40. The summed E-state index contributed by atoms with van der Waals surface area (Å²) in [7, 11) is -3.64. The third kappa shape index (κ3) is 8.05. The molecule has 0 amide bonds. The fraction of sp³-hybridized carbons (Fsp3) is 0.581. The maximum atomic E-state index is 13.8. The molecule has 47 heavy (non-hydrogen) atoms. The number of alkyl halides is 3. The summed E-state index contributed by atoms with van der Waals surface area (Å²) in [6.07, 6.45) is -1.58. The predicted octanol–water partition coefficient (Wildman–Crippen LogP) is 3.28. The Morgan fingerprint density at radius 3 is 2.17 bits per heavy atom. The molecule has 3 saturated heterocycles. The van der Waals surface area contributed by atoms with Crippen molar-refractivity contribution >= 4 is 32.5 Å². The van der Waals surface area contributed by atoms with Crippen LogP contribution in [-0.2, 0) is 21.4 Å². The molecule has 12 nitrogen and oxygen atoms in total. The first-order valence-corrected chi connectivity index (χ1v) is 17.0. The van der Waals surface area contributed by atoms with E-state index < -0.39 is 22.2 Å². The molecule has 3 aromatic rings. The molecule has 0 atom stereocenters. The molecule has 258 valence electrons. The van der Waals surface area contributed by atoms with Crippen molar-refractivity contribution in [2.75, 3.05) is 70.3 Å². The van der Waals surface area contributed by atoms with Crippen LogP contribution in [0.1, 0.15) is 32.2 Å². The van der Waals surface area contributed by atoms with E-state index in [0.29, 0.717) is 43.7 Å². The Bertz CT molecular complexity index is 1660. The molecular weight excluding hydrogens is 639 g/mol. The summed E-state index contributed by atoms with van der Waals surface area (Å²) < 4.78 is 66.2. The Hall–Kier alpha value is -3.31. The summed E-state index contributed by atoms with van der Waals surface area (Å²) in [6.45, 7) is 17.9. The Labute approximate surface area is 272 Å². The van der Waals surface area contributed by atoms with Crippen molar-refractivity contribution in [2.24, 2.45) is 0 Å². The van der Waals surface area contributed by atoms with Gasteiger partial charge in [-0.3, -0.25) is 19.7 Å². The second-order valence-electron chi connectivity index (χ2n) is 13.2. The zero-order chi connectivity index (χ0) is 34.1. The topological polar surface area (TPSA) is 127 Å². The Morgan fingerprint density at radius 2 is 1.62 bits per heavy atom. The van der Waals surface area contributed by atoms with Gasteiger partial charge in [-0.15, -0.1) is 0 Å². The number of rotatable bonds is 6. The fourth-order valence-electron chi connectivity index (χ4n) is 6.28. The van der Waals surface area contributed by atoms with Crippen LogP contribution >= 0.6 is 0 Å². The lowest BCUT2D eigenvalue weighted by Crippen LogP contribution is -2.64. The van der Waals surface area contributed by atoms with E-state index in [0.717, 1.165) is 67.2 Å². The van der Waals surface area contributed by atoms with Gasteiger partial charge in [0.2, 0.25) is 10.0 Å². The number of sulfonamides is 1. The fourth-order valence-corrected chi connectivity index (χ4v) is 7.90. The van der Waals surface area contributed by atoms with E-state index in [-0.39, 0.29) is 5.54 Å². The zero-order valence-electron chi connectivity index (χ0n) is 27.1. The molecule has 3 aliphatic rings. The highest BCUT2D eigenvalue weighted by atomic mass is 32.2. The third-order valence-electron chi connectivity index (χ3n) is 8.99. The maximum absolute atomic E-state index is 13.8. The number of carboxylic acids is 1. The molecule has 0 unspecified atom stereocenters. The number of aryl methyl sites for hydroxylation is 1. The molecule has 0 spiro atoms. The summed E-state index contributed by atoms with van der Waals surface area (Å²) in [6, 6.07) is 8.09. The Morgan fingerprint density at radius 1 is 0.979 bits per heavy atom. The number of aromatic nitrogens is 2. The number of anilines is 1. The van der Waals surface area contributed by atoms with Gasteiger partial charge >= 0.3 is 12.1 Å². The lowest BCUT2D eigenvalue weighted by molar-refractivity contribution is -0.192. The van der Waals surface area contributed by atoms with Crippen molar-refractivity contribution in [2.45, 2.75) is 56.9 Å². The molecule has 16 heteroatoms. The van der Waals surface area contributed by atoms with Gasteiger partial charge in [0.05, 0.1) is 10.6 Å². The van der Waals surface area contributed by atoms with Gasteiger partial charge in [0, 0.05) is 118 Å². The van der Waals surface area contributed by atoms with Crippen molar-refractivity contribution in [1.29, 1.82) is 0 Å². The molecule has 5 heterocycles. The van der Waals surface area contributed by atoms with Gasteiger partial charge in [0.1, 0.15) is 5.76 Å². The molecule has 3 aliphatic heterocycles. The van der Waals surface area contributed by atoms with Crippen LogP contribution in [0.2, 0.25) is 0 Å². The van der Waals surface area contributed by atoms with Gasteiger partial charge in [0.25, 0.3) is 0 Å². The number of pyridine rings is 1. The summed E-state index contributed by atoms with van der Waals surface area (Å²) in [5.74, 6) is -1.97. The van der Waals surface area contributed by atoms with Gasteiger partial charge in [-0.2, -0.15) is 17.5 Å². The maximum Gasteiger partial charge on any atom is 0.490 e. The van der Waals surface area contributed by atoms with Crippen LogP contribution in [-0.4, -0.2) is 132 Å². The lowest BCUT2D eigenvalue weighted by Gasteiger charge is -2.51. The Balaban J connectivity index is 0.000000559. The molecule has 6 rings (SSSR count). The molecule has 3 fully saturated rings. The minimum absolute atomic E-state index is 0.219. The number of piperazine rings is 2. The molecule has 1 N–H and O–H groups in total. The van der Waals surface area contributed by atoms with Crippen molar-refractivity contribution < 1.29 is 36.0 Å². The normalized spacial score (nSPS) is 19.8. The van der Waals surface area contributed by atoms with Gasteiger partial charge in [-0.05, 0) is 45.9 Å². The number of benzene rings is 1. The van der Waals surface area contributed by atoms with Gasteiger partial charge < -0.3 is 14.5 Å². The molecule has 0 bridgehead atoms. The van der Waals surface area contributed by atoms with Crippen molar-refractivity contribution in [1.82, 2.24) is 29.1 Å². The SMILES string of the molecule is Cc1cc(CN2CCN(S(=O)(=O)c3ccc(N4CC(N5CCN(C(C)(C)C)CC5)C4)c4cnccc34)CC2)no1.O=C(O)C(F)(F)F. The molecular formula is C31H42F3N7O5S. The number of hydrogen-bond acceptors (Lipinski definition) is 10. The van der Waals surface area contributed by atoms with E-state index in [2.05, 4.69) is 50.5 Å². The number of nitrogens with zero attached hydrogens (tertiary/aromatic N) is 7. The first-order chi connectivity index (χ1) is 22.0. The van der Waals surface area contributed by atoms with Crippen LogP contribution in [0.25, 0.3) is 10.8 Å². The second kappa shape index (κ2) is 13.7. The zero-order valence-corrected chi connectivity index (χ0v) is 27.9. The van der Waals surface area contributed by atoms with Crippen molar-refractivity contribution in [3.8, 4) is 0 Å². The molecule has 0 aliphatic carbocycles. The van der Waals surface area contributed by atoms with Gasteiger partial charge in [-0.1, -0.05) is 5.16 Å². The quantitative estimate of drug-likeness (QED) is 0.412. The monoisotopic (exact) mass is 681 g/mol. The van der Waals surface area contributed by atoms with Crippen LogP contribution in [0.5, 0.6) is 0 Å². The largest absolute Gasteiger partial charge is 0.490 e. The van der Waals surface area contributed by atoms with E-state index in [9.17, 15) is 21.6 Å². The smallest absolute Gasteiger partial charge is 0.475 e. The van der Waals surface area contributed by atoms with Crippen molar-refractivity contribution in [3.63, 3.8) is 0 Å². The first-order valence-electron chi connectivity index (χ1n) is 15.6. The second-order valence-corrected chi connectivity index (χ2v) is 15.1. The van der Waals surface area contributed by atoms with E-state index in [4.69, 9.17) is 14.4 Å². The minimum Gasteiger partial charge on any atom is -0.475 e. The summed E-state index contributed by atoms with van der Waals surface area (Å²) in [5, 5.41) is 12.8. The van der Waals surface area contributed by atoms with Crippen LogP contribution in [0.15, 0.2) is 46.1 Å². The van der Waals surface area contributed by atoms with Crippen LogP contribution < -0.4 is 4.90 Å². The van der Waals surface area contributed by atoms with E-state index in [1.54, 1.807) is 16.6 Å². The predicted molar refractivity (Wildman–Crippen MR) is 170 cm³/mol. The summed E-state index contributed by atoms with van der Waals surface area (Å²) in [4.78, 5) is 23.4.